The van der Waals surface area contributed by atoms with Gasteiger partial charge in [0.2, 0.25) is 5.60 Å². The number of fused-ring (bicyclic) bond motifs is 5. The van der Waals surface area contributed by atoms with E-state index in [2.05, 4.69) is 10.5 Å². The van der Waals surface area contributed by atoms with Gasteiger partial charge in [-0.15, -0.1) is 0 Å². The number of halogens is 1. The molecule has 3 fully saturated rings. The second-order valence-corrected chi connectivity index (χ2v) is 10.7. The normalized spacial score (nSPS) is 24.5. The Labute approximate surface area is 232 Å². The number of ether oxygens (including phenoxy) is 1. The number of benzene rings is 2. The first kappa shape index (κ1) is 26.6. The van der Waals surface area contributed by atoms with Gasteiger partial charge in [0.1, 0.15) is 12.3 Å². The number of aliphatic hydroxyl groups is 1. The molecule has 3 aliphatic heterocycles. The molecule has 9 heteroatoms. The van der Waals surface area contributed by atoms with E-state index in [9.17, 15) is 14.7 Å². The van der Waals surface area contributed by atoms with Crippen molar-refractivity contribution in [3.8, 4) is 0 Å². The van der Waals surface area contributed by atoms with E-state index >= 15 is 0 Å². The van der Waals surface area contributed by atoms with Crippen LogP contribution in [0.15, 0.2) is 59.1 Å². The summed E-state index contributed by atoms with van der Waals surface area (Å²) in [5.74, 6) is 0.606. The number of hydrogen-bond acceptors (Lipinski definition) is 6. The number of carbonyl (C=O) groups excluding carboxylic acids is 2. The number of quaternary nitrogens is 1. The fourth-order valence-electron chi connectivity index (χ4n) is 6.45. The fourth-order valence-corrected chi connectivity index (χ4v) is 6.45. The van der Waals surface area contributed by atoms with Crippen LogP contribution >= 0.6 is 0 Å². The highest BCUT2D eigenvalue weighted by Crippen LogP contribution is 2.42. The zero-order chi connectivity index (χ0) is 25.6. The Morgan fingerprint density at radius 3 is 2.34 bits per heavy atom. The molecule has 38 heavy (non-hydrogen) atoms. The number of aryl methyl sites for hydroxylation is 1. The van der Waals surface area contributed by atoms with Gasteiger partial charge in [0.25, 0.3) is 5.91 Å². The van der Waals surface area contributed by atoms with E-state index in [0.29, 0.717) is 40.8 Å². The fraction of sp³-hybridized carbons (Fsp3) is 0.414. The Morgan fingerprint density at radius 1 is 1.11 bits per heavy atom. The number of nitrogens with one attached hydrogen (secondary N) is 1. The highest BCUT2D eigenvalue weighted by Gasteiger charge is 2.52. The van der Waals surface area contributed by atoms with Gasteiger partial charge in [0.05, 0.1) is 13.1 Å². The number of piperidine rings is 3. The van der Waals surface area contributed by atoms with Crippen LogP contribution in [0.1, 0.15) is 47.8 Å². The first-order chi connectivity index (χ1) is 17.9. The lowest BCUT2D eigenvalue weighted by molar-refractivity contribution is -0.939. The van der Waals surface area contributed by atoms with E-state index in [0.717, 1.165) is 42.8 Å². The molecule has 1 amide bonds. The number of esters is 1. The van der Waals surface area contributed by atoms with Crippen LogP contribution in [0.5, 0.6) is 0 Å². The van der Waals surface area contributed by atoms with Gasteiger partial charge in [0, 0.05) is 42.4 Å². The predicted molar refractivity (Wildman–Crippen MR) is 136 cm³/mol. The predicted octanol–water partition coefficient (Wildman–Crippen LogP) is 0.172. The minimum Gasteiger partial charge on any atom is -1.00 e. The van der Waals surface area contributed by atoms with Crippen LogP contribution < -0.4 is 22.3 Å². The number of amides is 1. The van der Waals surface area contributed by atoms with Gasteiger partial charge < -0.3 is 41.1 Å². The molecule has 0 radical (unpaired) electrons. The number of aromatic nitrogens is 1. The highest BCUT2D eigenvalue weighted by molar-refractivity contribution is 5.90. The van der Waals surface area contributed by atoms with Crippen molar-refractivity contribution in [3.63, 3.8) is 0 Å². The number of carbonyl (C=O) groups is 2. The summed E-state index contributed by atoms with van der Waals surface area (Å²) >= 11 is 0. The topological polar surface area (TPSA) is 102 Å². The molecular weight excluding hydrogens is 550 g/mol. The number of rotatable bonds is 6. The van der Waals surface area contributed by atoms with Gasteiger partial charge in [-0.2, -0.15) is 0 Å². The Morgan fingerprint density at radius 2 is 1.74 bits per heavy atom. The average Bonchev–Trinajstić information content (AvgIpc) is 3.36. The quantitative estimate of drug-likeness (QED) is 0.318. The third kappa shape index (κ3) is 4.57. The van der Waals surface area contributed by atoms with Gasteiger partial charge in [-0.3, -0.25) is 4.79 Å². The minimum absolute atomic E-state index is 0. The largest absolute Gasteiger partial charge is 1.00 e. The van der Waals surface area contributed by atoms with Crippen molar-refractivity contribution in [2.24, 2.45) is 5.92 Å². The number of hydrogen-bond donors (Lipinski definition) is 2. The van der Waals surface area contributed by atoms with E-state index < -0.39 is 11.6 Å². The number of nitrogens with zero attached hydrogens (tertiary/aromatic N) is 2. The van der Waals surface area contributed by atoms with Crippen molar-refractivity contribution >= 4 is 17.7 Å². The Hall–Kier alpha value is -3.01. The van der Waals surface area contributed by atoms with Crippen molar-refractivity contribution in [2.45, 2.75) is 44.3 Å². The molecule has 1 aromatic heterocycles. The first-order valence-electron chi connectivity index (χ1n) is 13.1. The highest BCUT2D eigenvalue weighted by atomic mass is 79.9. The standard InChI is InChI=1S/C29H31N3O5.BrH/c1-2-22-16-26(31-37-22)30-27(33)18-32-13-11-19(12-14-32)25(17-32)36-28(34)29(35)23-9-5-3-7-20(23)15-21-8-4-6-10-24(21)29;/h3-10,16,19,25,35H,2,11-15,17-18H2,1H3;1H. The van der Waals surface area contributed by atoms with E-state index in [-0.39, 0.29) is 41.5 Å². The van der Waals surface area contributed by atoms with Crippen molar-refractivity contribution in [1.82, 2.24) is 5.16 Å². The Kier molecular flexibility index (Phi) is 7.19. The summed E-state index contributed by atoms with van der Waals surface area (Å²) in [6.45, 7) is 4.53. The van der Waals surface area contributed by atoms with Gasteiger partial charge >= 0.3 is 5.97 Å². The molecule has 1 aliphatic carbocycles. The smallest absolute Gasteiger partial charge is 0.348 e. The maximum Gasteiger partial charge on any atom is 0.348 e. The molecule has 200 valence electrons. The molecule has 4 aliphatic rings. The maximum absolute atomic E-state index is 13.8. The summed E-state index contributed by atoms with van der Waals surface area (Å²) in [4.78, 5) is 26.7. The molecule has 2 aromatic carbocycles. The summed E-state index contributed by atoms with van der Waals surface area (Å²) in [6.07, 6.45) is 2.76. The first-order valence-corrected chi connectivity index (χ1v) is 13.1. The lowest BCUT2D eigenvalue weighted by Crippen LogP contribution is -3.00. The molecule has 2 bridgehead atoms. The van der Waals surface area contributed by atoms with Gasteiger partial charge in [-0.1, -0.05) is 60.6 Å². The molecule has 1 atom stereocenters. The van der Waals surface area contributed by atoms with E-state index in [1.165, 1.54) is 0 Å². The van der Waals surface area contributed by atoms with Gasteiger partial charge in [0.15, 0.2) is 18.5 Å². The van der Waals surface area contributed by atoms with E-state index in [1.54, 1.807) is 6.07 Å². The van der Waals surface area contributed by atoms with E-state index in [1.807, 2.05) is 55.5 Å². The van der Waals surface area contributed by atoms with Crippen LogP contribution in [-0.4, -0.2) is 58.9 Å². The second-order valence-electron chi connectivity index (χ2n) is 10.7. The molecule has 0 spiro atoms. The third-order valence-corrected chi connectivity index (χ3v) is 8.44. The molecule has 2 N–H and O–H groups in total. The lowest BCUT2D eigenvalue weighted by atomic mass is 9.74. The summed E-state index contributed by atoms with van der Waals surface area (Å²) in [7, 11) is 0. The van der Waals surface area contributed by atoms with Crippen molar-refractivity contribution in [1.29, 1.82) is 0 Å². The molecule has 4 heterocycles. The van der Waals surface area contributed by atoms with E-state index in [4.69, 9.17) is 9.26 Å². The third-order valence-electron chi connectivity index (χ3n) is 8.44. The van der Waals surface area contributed by atoms with Crippen LogP contribution in [0, 0.1) is 5.92 Å². The molecule has 7 rings (SSSR count). The van der Waals surface area contributed by atoms with Crippen LogP contribution in [0.4, 0.5) is 5.82 Å². The zero-order valence-electron chi connectivity index (χ0n) is 21.4. The SMILES string of the molecule is CCc1cc(NC(=O)C[N+]23CCC(CC2)C(OC(=O)C2(O)c4ccccc4Cc4ccccc42)C3)no1.[Br-]. The number of anilines is 1. The summed E-state index contributed by atoms with van der Waals surface area (Å²) in [6, 6.07) is 16.8. The van der Waals surface area contributed by atoms with Crippen molar-refractivity contribution in [2.75, 3.05) is 31.5 Å². The van der Waals surface area contributed by atoms with Crippen LogP contribution in [-0.2, 0) is 32.8 Å². The minimum atomic E-state index is -1.86. The summed E-state index contributed by atoms with van der Waals surface area (Å²) in [5.41, 5.74) is 1.16. The molecule has 1 unspecified atom stereocenters. The van der Waals surface area contributed by atoms with Gasteiger partial charge in [-0.05, 0) is 17.5 Å². The average molecular weight is 582 g/mol. The lowest BCUT2D eigenvalue weighted by Gasteiger charge is -2.51. The molecule has 8 nitrogen and oxygen atoms in total. The maximum atomic E-state index is 13.8. The Balaban J connectivity index is 0.00000294. The van der Waals surface area contributed by atoms with Crippen LogP contribution in [0.3, 0.4) is 0 Å². The zero-order valence-corrected chi connectivity index (χ0v) is 22.9. The second kappa shape index (κ2) is 10.3. The molecule has 3 saturated heterocycles. The van der Waals surface area contributed by atoms with Gasteiger partial charge in [-0.25, -0.2) is 4.79 Å². The van der Waals surface area contributed by atoms with Crippen molar-refractivity contribution < 1.29 is 45.4 Å². The molecular formula is C29H32BrN3O5. The molecule has 3 aromatic rings. The van der Waals surface area contributed by atoms with Crippen LogP contribution in [0.25, 0.3) is 0 Å². The monoisotopic (exact) mass is 581 g/mol. The summed E-state index contributed by atoms with van der Waals surface area (Å²) < 4.78 is 11.9. The molecule has 0 saturated carbocycles. The summed E-state index contributed by atoms with van der Waals surface area (Å²) in [5, 5.41) is 18.7. The van der Waals surface area contributed by atoms with Crippen LogP contribution in [0.2, 0.25) is 0 Å². The van der Waals surface area contributed by atoms with Crippen molar-refractivity contribution in [3.05, 3.63) is 82.6 Å². The Bertz CT molecular complexity index is 1300.